The van der Waals surface area contributed by atoms with Crippen LogP contribution in [0.2, 0.25) is 0 Å². The lowest BCUT2D eigenvalue weighted by atomic mass is 10.2. The number of nitrogen functional groups attached to an aromatic ring is 1. The highest BCUT2D eigenvalue weighted by Crippen LogP contribution is 2.20. The normalized spacial score (nSPS) is 11.4. The maximum absolute atomic E-state index is 12.9. The van der Waals surface area contributed by atoms with E-state index in [-0.39, 0.29) is 11.4 Å². The lowest BCUT2D eigenvalue weighted by Crippen LogP contribution is -2.21. The number of carbonyl (C=O) groups excluding carboxylic acids is 1. The van der Waals surface area contributed by atoms with Gasteiger partial charge in [-0.1, -0.05) is 0 Å². The summed E-state index contributed by atoms with van der Waals surface area (Å²) < 4.78 is 52.8. The number of hydrogen-bond donors (Lipinski definition) is 2. The fraction of sp³-hybridized carbons (Fsp3) is 0.364. The van der Waals surface area contributed by atoms with Gasteiger partial charge in [0.15, 0.2) is 0 Å². The van der Waals surface area contributed by atoms with Crippen molar-refractivity contribution >= 4 is 17.3 Å². The minimum atomic E-state index is -4.33. The maximum atomic E-state index is 12.9. The minimum Gasteiger partial charge on any atom is -0.397 e. The van der Waals surface area contributed by atoms with E-state index in [1.807, 2.05) is 0 Å². The zero-order valence-electron chi connectivity index (χ0n) is 9.76. The molecule has 0 aliphatic heterocycles. The molecule has 0 saturated carbocycles. The number of benzene rings is 1. The first-order chi connectivity index (χ1) is 8.78. The van der Waals surface area contributed by atoms with E-state index in [4.69, 9.17) is 5.73 Å². The second-order valence-electron chi connectivity index (χ2n) is 3.70. The Balaban J connectivity index is 2.37. The van der Waals surface area contributed by atoms with Gasteiger partial charge < -0.3 is 15.8 Å². The Labute approximate surface area is 106 Å². The molecule has 0 aromatic heterocycles. The summed E-state index contributed by atoms with van der Waals surface area (Å²) in [7, 11) is 0. The second-order valence-corrected chi connectivity index (χ2v) is 3.70. The summed E-state index contributed by atoms with van der Waals surface area (Å²) >= 11 is 0. The van der Waals surface area contributed by atoms with Gasteiger partial charge in [-0.25, -0.2) is 4.39 Å². The van der Waals surface area contributed by atoms with Crippen molar-refractivity contribution < 1.29 is 27.1 Å². The average Bonchev–Trinajstić information content (AvgIpc) is 2.28. The van der Waals surface area contributed by atoms with Gasteiger partial charge in [-0.2, -0.15) is 13.2 Å². The predicted octanol–water partition coefficient (Wildman–Crippen LogP) is 2.32. The van der Waals surface area contributed by atoms with Crippen molar-refractivity contribution in [2.24, 2.45) is 0 Å². The van der Waals surface area contributed by atoms with Gasteiger partial charge in [0.2, 0.25) is 5.91 Å². The first kappa shape index (κ1) is 15.2. The van der Waals surface area contributed by atoms with Crippen molar-refractivity contribution in [3.05, 3.63) is 24.0 Å². The Kier molecular flexibility index (Phi) is 5.11. The molecule has 1 amide bonds. The predicted molar refractivity (Wildman–Crippen MR) is 60.9 cm³/mol. The molecule has 19 heavy (non-hydrogen) atoms. The number of ether oxygens (including phenoxy) is 1. The van der Waals surface area contributed by atoms with Crippen LogP contribution in [0.3, 0.4) is 0 Å². The van der Waals surface area contributed by atoms with E-state index < -0.39 is 37.5 Å². The van der Waals surface area contributed by atoms with Gasteiger partial charge >= 0.3 is 6.18 Å². The van der Waals surface area contributed by atoms with Crippen LogP contribution in [0.15, 0.2) is 18.2 Å². The van der Waals surface area contributed by atoms with Crippen LogP contribution in [-0.2, 0) is 9.53 Å². The highest BCUT2D eigenvalue weighted by molar-refractivity contribution is 5.94. The third-order valence-electron chi connectivity index (χ3n) is 2.05. The second kappa shape index (κ2) is 6.37. The molecule has 1 aromatic carbocycles. The number of nitrogens with two attached hydrogens (primary N) is 1. The molecule has 0 heterocycles. The van der Waals surface area contributed by atoms with Crippen molar-refractivity contribution in [2.75, 3.05) is 24.3 Å². The zero-order valence-corrected chi connectivity index (χ0v) is 9.76. The molecule has 0 aliphatic rings. The van der Waals surface area contributed by atoms with Crippen LogP contribution in [0.5, 0.6) is 0 Å². The standard InChI is InChI=1S/C11H12F4N2O2/c12-7-1-2-8(16)9(5-7)17-10(18)6-19-4-3-11(13,14)15/h1-2,5H,3-4,6,16H2,(H,17,18). The van der Waals surface area contributed by atoms with Crippen LogP contribution in [0.25, 0.3) is 0 Å². The minimum absolute atomic E-state index is 0.0458. The highest BCUT2D eigenvalue weighted by atomic mass is 19.4. The van der Waals surface area contributed by atoms with E-state index in [9.17, 15) is 22.4 Å². The molecular weight excluding hydrogens is 268 g/mol. The number of amides is 1. The van der Waals surface area contributed by atoms with Crippen molar-refractivity contribution in [1.82, 2.24) is 0 Å². The number of nitrogens with one attached hydrogen (secondary N) is 1. The van der Waals surface area contributed by atoms with E-state index in [0.717, 1.165) is 12.1 Å². The Morgan fingerprint density at radius 1 is 1.37 bits per heavy atom. The van der Waals surface area contributed by atoms with E-state index in [1.165, 1.54) is 6.07 Å². The third kappa shape index (κ3) is 6.05. The monoisotopic (exact) mass is 280 g/mol. The van der Waals surface area contributed by atoms with Gasteiger partial charge in [-0.05, 0) is 18.2 Å². The van der Waals surface area contributed by atoms with Crippen LogP contribution in [0.1, 0.15) is 6.42 Å². The van der Waals surface area contributed by atoms with Gasteiger partial charge in [-0.3, -0.25) is 4.79 Å². The largest absolute Gasteiger partial charge is 0.397 e. The number of halogens is 4. The Morgan fingerprint density at radius 3 is 2.68 bits per heavy atom. The Hall–Kier alpha value is -1.83. The van der Waals surface area contributed by atoms with Crippen LogP contribution < -0.4 is 11.1 Å². The summed E-state index contributed by atoms with van der Waals surface area (Å²) in [5.74, 6) is -1.30. The van der Waals surface area contributed by atoms with Crippen LogP contribution >= 0.6 is 0 Å². The topological polar surface area (TPSA) is 64.3 Å². The number of rotatable bonds is 5. The van der Waals surface area contributed by atoms with E-state index in [0.29, 0.717) is 0 Å². The summed E-state index contributed by atoms with van der Waals surface area (Å²) in [6.45, 7) is -1.18. The fourth-order valence-electron chi connectivity index (χ4n) is 1.18. The van der Waals surface area contributed by atoms with Crippen molar-refractivity contribution in [3.8, 4) is 0 Å². The van der Waals surface area contributed by atoms with Gasteiger partial charge in [0.1, 0.15) is 12.4 Å². The molecule has 106 valence electrons. The van der Waals surface area contributed by atoms with Crippen molar-refractivity contribution in [3.63, 3.8) is 0 Å². The molecule has 0 radical (unpaired) electrons. The number of carbonyl (C=O) groups is 1. The van der Waals surface area contributed by atoms with Gasteiger partial charge in [0, 0.05) is 0 Å². The van der Waals surface area contributed by atoms with Gasteiger partial charge in [0.05, 0.1) is 24.4 Å². The molecule has 1 rings (SSSR count). The maximum Gasteiger partial charge on any atom is 0.391 e. The lowest BCUT2D eigenvalue weighted by molar-refractivity contribution is -0.147. The number of alkyl halides is 3. The zero-order chi connectivity index (χ0) is 14.5. The van der Waals surface area contributed by atoms with Crippen LogP contribution in [0, 0.1) is 5.82 Å². The molecule has 0 spiro atoms. The molecule has 4 nitrogen and oxygen atoms in total. The fourth-order valence-corrected chi connectivity index (χ4v) is 1.18. The van der Waals surface area contributed by atoms with E-state index in [2.05, 4.69) is 10.1 Å². The third-order valence-corrected chi connectivity index (χ3v) is 2.05. The molecular formula is C11H12F4N2O2. The summed E-state index contributed by atoms with van der Waals surface area (Å²) in [5.41, 5.74) is 5.67. The van der Waals surface area contributed by atoms with Crippen LogP contribution in [-0.4, -0.2) is 25.3 Å². The smallest absolute Gasteiger partial charge is 0.391 e. The molecule has 0 saturated heterocycles. The van der Waals surface area contributed by atoms with Crippen molar-refractivity contribution in [1.29, 1.82) is 0 Å². The molecule has 0 aliphatic carbocycles. The van der Waals surface area contributed by atoms with Gasteiger partial charge in [-0.15, -0.1) is 0 Å². The Bertz CT molecular complexity index is 449. The van der Waals surface area contributed by atoms with E-state index in [1.54, 1.807) is 0 Å². The summed E-state index contributed by atoms with van der Waals surface area (Å²) in [4.78, 5) is 11.3. The molecule has 0 unspecified atom stereocenters. The lowest BCUT2D eigenvalue weighted by Gasteiger charge is -2.09. The summed E-state index contributed by atoms with van der Waals surface area (Å²) in [6, 6.07) is 3.38. The number of anilines is 2. The van der Waals surface area contributed by atoms with Crippen LogP contribution in [0.4, 0.5) is 28.9 Å². The van der Waals surface area contributed by atoms with Crippen molar-refractivity contribution in [2.45, 2.75) is 12.6 Å². The molecule has 3 N–H and O–H groups in total. The summed E-state index contributed by atoms with van der Waals surface area (Å²) in [6.07, 6.45) is -5.47. The molecule has 8 heteroatoms. The molecule has 1 aromatic rings. The first-order valence-electron chi connectivity index (χ1n) is 5.27. The Morgan fingerprint density at radius 2 is 2.05 bits per heavy atom. The average molecular weight is 280 g/mol. The SMILES string of the molecule is Nc1ccc(F)cc1NC(=O)COCCC(F)(F)F. The molecule has 0 bridgehead atoms. The van der Waals surface area contributed by atoms with E-state index >= 15 is 0 Å². The highest BCUT2D eigenvalue weighted by Gasteiger charge is 2.26. The van der Waals surface area contributed by atoms with Gasteiger partial charge in [0.25, 0.3) is 0 Å². The number of hydrogen-bond acceptors (Lipinski definition) is 3. The quantitative estimate of drug-likeness (QED) is 0.494. The summed E-state index contributed by atoms with van der Waals surface area (Å²) in [5, 5.41) is 2.24. The molecule has 0 atom stereocenters. The first-order valence-corrected chi connectivity index (χ1v) is 5.27. The molecule has 0 fully saturated rings.